The molecule has 0 unspecified atom stereocenters. The van der Waals surface area contributed by atoms with Crippen LogP contribution in [0.5, 0.6) is 5.75 Å². The molecule has 1 aliphatic rings. The fraction of sp³-hybridized carbons (Fsp3) is 0.121. The van der Waals surface area contributed by atoms with Crippen molar-refractivity contribution < 1.29 is 23.9 Å². The minimum Gasteiger partial charge on any atom is -0.507 e. The van der Waals surface area contributed by atoms with E-state index in [4.69, 9.17) is 16.0 Å². The number of halogens is 1. The van der Waals surface area contributed by atoms with Crippen LogP contribution in [0, 0.1) is 0 Å². The highest BCUT2D eigenvalue weighted by Crippen LogP contribution is 2.45. The van der Waals surface area contributed by atoms with Crippen molar-refractivity contribution in [3.05, 3.63) is 95.9 Å². The van der Waals surface area contributed by atoms with Crippen molar-refractivity contribution in [2.24, 2.45) is 0 Å². The molecule has 0 saturated heterocycles. The first kappa shape index (κ1) is 26.6. The second-order valence-corrected chi connectivity index (χ2v) is 10.9. The molecule has 0 aliphatic carbocycles. The van der Waals surface area contributed by atoms with Crippen LogP contribution in [0.1, 0.15) is 39.4 Å². The number of phenolic OH excluding ortho intramolecular Hbond substituents is 1. The summed E-state index contributed by atoms with van der Waals surface area (Å²) in [5.41, 5.74) is 4.36. The van der Waals surface area contributed by atoms with E-state index in [-0.39, 0.29) is 29.2 Å². The van der Waals surface area contributed by atoms with Gasteiger partial charge in [0.1, 0.15) is 17.0 Å². The number of aromatic amines is 1. The number of rotatable bonds is 5. The minimum atomic E-state index is -0.434. The van der Waals surface area contributed by atoms with Crippen molar-refractivity contribution in [3.8, 4) is 5.75 Å². The summed E-state index contributed by atoms with van der Waals surface area (Å²) >= 11 is 6.34. The lowest BCUT2D eigenvalue weighted by Crippen LogP contribution is -2.30. The normalized spacial score (nSPS) is 14.4. The molecule has 3 heterocycles. The maximum absolute atomic E-state index is 13.8. The van der Waals surface area contributed by atoms with E-state index in [2.05, 4.69) is 15.6 Å². The number of nitrogens with one attached hydrogen (secondary N) is 3. The van der Waals surface area contributed by atoms with E-state index in [1.54, 1.807) is 59.5 Å². The van der Waals surface area contributed by atoms with Gasteiger partial charge in [-0.2, -0.15) is 0 Å². The molecule has 0 saturated carbocycles. The number of furan rings is 1. The average Bonchev–Trinajstić information content (AvgIpc) is 3.71. The third-order valence-electron chi connectivity index (χ3n) is 7.75. The zero-order valence-electron chi connectivity index (χ0n) is 22.9. The van der Waals surface area contributed by atoms with Crippen LogP contribution in [-0.2, 0) is 4.79 Å². The summed E-state index contributed by atoms with van der Waals surface area (Å²) in [5, 5.41) is 19.3. The monoisotopic (exact) mass is 592 g/mol. The Morgan fingerprint density at radius 3 is 2.49 bits per heavy atom. The van der Waals surface area contributed by atoms with Crippen molar-refractivity contribution >= 4 is 79.0 Å². The molecule has 4 aromatic carbocycles. The summed E-state index contributed by atoms with van der Waals surface area (Å²) in [5.74, 6) is -0.379. The number of H-pyrrole nitrogens is 1. The molecule has 1 aliphatic heterocycles. The molecular weight excluding hydrogens is 568 g/mol. The molecule has 3 amide bonds. The van der Waals surface area contributed by atoms with Crippen molar-refractivity contribution in [2.75, 3.05) is 28.0 Å². The number of alkyl halides is 1. The molecule has 1 atom stereocenters. The number of carbonyl (C=O) groups is 3. The van der Waals surface area contributed by atoms with Gasteiger partial charge in [0.15, 0.2) is 5.76 Å². The van der Waals surface area contributed by atoms with E-state index < -0.39 is 5.91 Å². The number of aromatic nitrogens is 1. The highest BCUT2D eigenvalue weighted by Gasteiger charge is 2.35. The fourth-order valence-corrected chi connectivity index (χ4v) is 6.10. The number of anilines is 3. The summed E-state index contributed by atoms with van der Waals surface area (Å²) in [6.45, 7) is 1.82. The summed E-state index contributed by atoms with van der Waals surface area (Å²) in [6.07, 6.45) is 0. The number of fused-ring (bicyclic) bond motifs is 5. The molecule has 0 fully saturated rings. The number of hydrogen-bond acceptors (Lipinski definition) is 5. The molecule has 2 aromatic heterocycles. The zero-order valence-corrected chi connectivity index (χ0v) is 23.7. The van der Waals surface area contributed by atoms with Crippen LogP contribution in [-0.4, -0.2) is 40.2 Å². The third-order valence-corrected chi connectivity index (χ3v) is 8.12. The lowest BCUT2D eigenvalue weighted by Gasteiger charge is -2.17. The molecule has 10 heteroatoms. The molecule has 0 bridgehead atoms. The Kier molecular flexibility index (Phi) is 6.32. The number of nitrogens with zero attached hydrogens (tertiary/aromatic N) is 1. The maximum atomic E-state index is 13.8. The van der Waals surface area contributed by atoms with Gasteiger partial charge in [-0.25, -0.2) is 0 Å². The first-order chi connectivity index (χ1) is 20.8. The predicted octanol–water partition coefficient (Wildman–Crippen LogP) is 6.97. The predicted molar refractivity (Wildman–Crippen MR) is 168 cm³/mol. The fourth-order valence-electron chi connectivity index (χ4n) is 5.84. The van der Waals surface area contributed by atoms with E-state index >= 15 is 0 Å². The molecule has 9 nitrogen and oxygen atoms in total. The highest BCUT2D eigenvalue weighted by atomic mass is 35.5. The highest BCUT2D eigenvalue weighted by molar-refractivity contribution is 6.19. The smallest absolute Gasteiger partial charge is 0.291 e. The van der Waals surface area contributed by atoms with E-state index in [9.17, 15) is 19.5 Å². The standard InChI is InChI=1S/C33H25ClN4O5/c1-17(39)35-21-7-9-29-19(11-21)13-30(43-29)32(41)36-22-6-8-25-18(10-22)12-26(37-25)33(42)38-16-20(15-34)31-24-5-3-2-4-23(24)28(40)14-27(31)38/h2-14,20,37,40H,15-16H2,1H3,(H,35,39)(H,36,41)/t20-/m1/s1. The van der Waals surface area contributed by atoms with Gasteiger partial charge in [-0.15, -0.1) is 11.6 Å². The quantitative estimate of drug-likeness (QED) is 0.161. The first-order valence-electron chi connectivity index (χ1n) is 13.7. The average molecular weight is 593 g/mol. The number of aromatic hydroxyl groups is 1. The number of hydrogen-bond donors (Lipinski definition) is 4. The van der Waals surface area contributed by atoms with Gasteiger partial charge < -0.3 is 30.0 Å². The maximum Gasteiger partial charge on any atom is 0.291 e. The van der Waals surface area contributed by atoms with Crippen LogP contribution in [0.4, 0.5) is 17.1 Å². The summed E-state index contributed by atoms with van der Waals surface area (Å²) in [4.78, 5) is 43.0. The van der Waals surface area contributed by atoms with Gasteiger partial charge in [0.2, 0.25) is 5.91 Å². The van der Waals surface area contributed by atoms with E-state index in [1.807, 2.05) is 24.3 Å². The van der Waals surface area contributed by atoms with Gasteiger partial charge in [-0.05, 0) is 59.5 Å². The van der Waals surface area contributed by atoms with Crippen LogP contribution in [0.2, 0.25) is 0 Å². The van der Waals surface area contributed by atoms with Crippen LogP contribution < -0.4 is 15.5 Å². The van der Waals surface area contributed by atoms with Gasteiger partial charge in [0.25, 0.3) is 11.8 Å². The van der Waals surface area contributed by atoms with E-state index in [1.165, 1.54) is 6.92 Å². The minimum absolute atomic E-state index is 0.0763. The van der Waals surface area contributed by atoms with Crippen molar-refractivity contribution in [1.82, 2.24) is 4.98 Å². The lowest BCUT2D eigenvalue weighted by atomic mass is 9.95. The van der Waals surface area contributed by atoms with Crippen LogP contribution >= 0.6 is 11.6 Å². The number of carbonyl (C=O) groups excluding carboxylic acids is 3. The van der Waals surface area contributed by atoms with Crippen LogP contribution in [0.25, 0.3) is 32.6 Å². The molecule has 4 N–H and O–H groups in total. The number of benzene rings is 4. The molecule has 6 aromatic rings. The summed E-state index contributed by atoms with van der Waals surface area (Å²) in [7, 11) is 0. The topological polar surface area (TPSA) is 128 Å². The Labute approximate surface area is 250 Å². The van der Waals surface area contributed by atoms with Gasteiger partial charge >= 0.3 is 0 Å². The van der Waals surface area contributed by atoms with Gasteiger partial charge in [-0.1, -0.05) is 24.3 Å². The first-order valence-corrected chi connectivity index (χ1v) is 14.2. The summed E-state index contributed by atoms with van der Waals surface area (Å²) in [6, 6.07) is 23.0. The zero-order chi connectivity index (χ0) is 29.8. The number of phenols is 1. The van der Waals surface area contributed by atoms with Crippen LogP contribution in [0.3, 0.4) is 0 Å². The summed E-state index contributed by atoms with van der Waals surface area (Å²) < 4.78 is 5.72. The Morgan fingerprint density at radius 2 is 1.70 bits per heavy atom. The molecule has 214 valence electrons. The molecule has 7 rings (SSSR count). The van der Waals surface area contributed by atoms with Gasteiger partial charge in [-0.3, -0.25) is 14.4 Å². The third kappa shape index (κ3) is 4.64. The Morgan fingerprint density at radius 1 is 0.953 bits per heavy atom. The second-order valence-electron chi connectivity index (χ2n) is 10.6. The molecule has 0 spiro atoms. The number of amides is 3. The molecular formula is C33H25ClN4O5. The van der Waals surface area contributed by atoms with Crippen molar-refractivity contribution in [2.45, 2.75) is 12.8 Å². The van der Waals surface area contributed by atoms with E-state index in [0.717, 1.165) is 27.2 Å². The Balaban J connectivity index is 1.14. The van der Waals surface area contributed by atoms with Gasteiger partial charge in [0, 0.05) is 64.4 Å². The Hall–Kier alpha value is -5.28. The van der Waals surface area contributed by atoms with Crippen LogP contribution in [0.15, 0.2) is 83.3 Å². The molecule has 0 radical (unpaired) electrons. The van der Waals surface area contributed by atoms with E-state index in [0.29, 0.717) is 46.2 Å². The van der Waals surface area contributed by atoms with Gasteiger partial charge in [0.05, 0.1) is 5.69 Å². The Bertz CT molecular complexity index is 2110. The SMILES string of the molecule is CC(=O)Nc1ccc2oc(C(=O)Nc3ccc4[nH]c(C(=O)N5C[C@@H](CCl)c6c5cc(O)c5ccccc65)cc4c3)cc2c1. The van der Waals surface area contributed by atoms with Crippen molar-refractivity contribution in [3.63, 3.8) is 0 Å². The largest absolute Gasteiger partial charge is 0.507 e. The second kappa shape index (κ2) is 10.2. The molecule has 43 heavy (non-hydrogen) atoms. The lowest BCUT2D eigenvalue weighted by molar-refractivity contribution is -0.114. The van der Waals surface area contributed by atoms with Crippen molar-refractivity contribution in [1.29, 1.82) is 0 Å².